The lowest BCUT2D eigenvalue weighted by Gasteiger charge is -2.32. The number of halogens is 2. The van der Waals surface area contributed by atoms with E-state index in [1.165, 1.54) is 5.56 Å². The average molecular weight is 481 g/mol. The number of oxazole rings is 1. The van der Waals surface area contributed by atoms with Crippen molar-refractivity contribution in [3.63, 3.8) is 0 Å². The molecule has 3 aromatic carbocycles. The van der Waals surface area contributed by atoms with Crippen LogP contribution in [0.3, 0.4) is 0 Å². The normalized spacial score (nSPS) is 16.7. The van der Waals surface area contributed by atoms with Gasteiger partial charge < -0.3 is 9.15 Å². The van der Waals surface area contributed by atoms with Gasteiger partial charge in [-0.3, -0.25) is 4.90 Å². The van der Waals surface area contributed by atoms with Gasteiger partial charge in [-0.1, -0.05) is 53.5 Å². The predicted molar refractivity (Wildman–Crippen MR) is 130 cm³/mol. The minimum Gasteiger partial charge on any atom is -0.457 e. The quantitative estimate of drug-likeness (QED) is 0.300. The summed E-state index contributed by atoms with van der Waals surface area (Å²) >= 11 is 12.2. The van der Waals surface area contributed by atoms with E-state index in [4.69, 9.17) is 32.4 Å². The number of piperidine rings is 1. The van der Waals surface area contributed by atoms with Crippen molar-refractivity contribution in [3.05, 3.63) is 87.9 Å². The first-order valence-electron chi connectivity index (χ1n) is 10.9. The molecular formula is C26H22Cl2N2O3. The molecule has 1 aliphatic rings. The minimum atomic E-state index is -0.354. The van der Waals surface area contributed by atoms with E-state index in [0.717, 1.165) is 32.5 Å². The first-order chi connectivity index (χ1) is 16.0. The zero-order chi connectivity index (χ0) is 22.8. The molecule has 0 saturated carbocycles. The van der Waals surface area contributed by atoms with Crippen LogP contribution in [-0.2, 0) is 11.3 Å². The molecule has 7 heteroatoms. The highest BCUT2D eigenvalue weighted by Crippen LogP contribution is 2.30. The van der Waals surface area contributed by atoms with Crippen LogP contribution in [0, 0.1) is 0 Å². The number of likely N-dealkylation sites (tertiary alicyclic amines) is 1. The Morgan fingerprint density at radius 2 is 1.85 bits per heavy atom. The van der Waals surface area contributed by atoms with Gasteiger partial charge in [0.25, 0.3) is 0 Å². The van der Waals surface area contributed by atoms with Gasteiger partial charge in [-0.05, 0) is 61.3 Å². The van der Waals surface area contributed by atoms with Gasteiger partial charge in [-0.2, -0.15) is 0 Å². The molecule has 33 heavy (non-hydrogen) atoms. The second kappa shape index (κ2) is 9.56. The van der Waals surface area contributed by atoms with Gasteiger partial charge in [0.15, 0.2) is 5.58 Å². The van der Waals surface area contributed by atoms with E-state index < -0.39 is 0 Å². The number of nitrogens with zero attached hydrogens (tertiary/aromatic N) is 2. The zero-order valence-corrected chi connectivity index (χ0v) is 19.4. The van der Waals surface area contributed by atoms with E-state index in [1.807, 2.05) is 18.2 Å². The molecule has 1 aliphatic heterocycles. The SMILES string of the molecule is O=C(OC1CCCN(Cc2ccccc2)C1)c1ccc2nc(-c3cc(Cl)cc(Cl)c3)oc2c1. The third-order valence-electron chi connectivity index (χ3n) is 5.72. The molecule has 0 N–H and O–H groups in total. The lowest BCUT2D eigenvalue weighted by atomic mass is 10.1. The molecule has 5 nitrogen and oxygen atoms in total. The number of benzene rings is 3. The maximum absolute atomic E-state index is 12.8. The second-order valence-corrected chi connectivity index (χ2v) is 9.12. The number of hydrogen-bond donors (Lipinski definition) is 0. The van der Waals surface area contributed by atoms with Crippen molar-refractivity contribution in [2.45, 2.75) is 25.5 Å². The number of carbonyl (C=O) groups excluding carboxylic acids is 1. The Labute approximate surface area is 201 Å². The molecule has 5 rings (SSSR count). The van der Waals surface area contributed by atoms with Gasteiger partial charge in [0.1, 0.15) is 11.6 Å². The molecule has 1 aromatic heterocycles. The largest absolute Gasteiger partial charge is 0.457 e. The van der Waals surface area contributed by atoms with Gasteiger partial charge >= 0.3 is 5.97 Å². The Kier molecular flexibility index (Phi) is 6.36. The van der Waals surface area contributed by atoms with Crippen LogP contribution in [-0.4, -0.2) is 35.0 Å². The van der Waals surface area contributed by atoms with Crippen LogP contribution in [0.2, 0.25) is 10.0 Å². The van der Waals surface area contributed by atoms with Gasteiger partial charge in [0.05, 0.1) is 5.56 Å². The summed E-state index contributed by atoms with van der Waals surface area (Å²) in [5, 5.41) is 0.996. The van der Waals surface area contributed by atoms with Crippen LogP contribution in [0.5, 0.6) is 0 Å². The number of hydrogen-bond acceptors (Lipinski definition) is 5. The summed E-state index contributed by atoms with van der Waals surface area (Å²) in [6.07, 6.45) is 1.73. The number of rotatable bonds is 5. The van der Waals surface area contributed by atoms with E-state index in [0.29, 0.717) is 38.2 Å². The van der Waals surface area contributed by atoms with Crippen molar-refractivity contribution < 1.29 is 13.9 Å². The molecule has 0 aliphatic carbocycles. The van der Waals surface area contributed by atoms with Crippen LogP contribution in [0.4, 0.5) is 0 Å². The molecule has 168 valence electrons. The van der Waals surface area contributed by atoms with Crippen LogP contribution in [0.1, 0.15) is 28.8 Å². The van der Waals surface area contributed by atoms with E-state index in [9.17, 15) is 4.79 Å². The summed E-state index contributed by atoms with van der Waals surface area (Å²) in [7, 11) is 0. The third kappa shape index (κ3) is 5.22. The predicted octanol–water partition coefficient (Wildman–Crippen LogP) is 6.62. The fourth-order valence-electron chi connectivity index (χ4n) is 4.17. The fraction of sp³-hybridized carbons (Fsp3) is 0.231. The number of fused-ring (bicyclic) bond motifs is 1. The Morgan fingerprint density at radius 1 is 1.06 bits per heavy atom. The van der Waals surface area contributed by atoms with E-state index in [2.05, 4.69) is 22.0 Å². The summed E-state index contributed by atoms with van der Waals surface area (Å²) < 4.78 is 11.7. The number of esters is 1. The van der Waals surface area contributed by atoms with E-state index in [-0.39, 0.29) is 12.1 Å². The molecule has 1 atom stereocenters. The van der Waals surface area contributed by atoms with Crippen molar-refractivity contribution in [2.24, 2.45) is 0 Å². The molecule has 0 amide bonds. The molecule has 4 aromatic rings. The molecule has 1 unspecified atom stereocenters. The first kappa shape index (κ1) is 22.0. The van der Waals surface area contributed by atoms with Crippen LogP contribution >= 0.6 is 23.2 Å². The highest BCUT2D eigenvalue weighted by Gasteiger charge is 2.24. The smallest absolute Gasteiger partial charge is 0.338 e. The standard InChI is InChI=1S/C26H22Cl2N2O3/c27-20-11-19(12-21(28)14-20)25-29-23-9-8-18(13-24(23)33-25)26(31)32-22-7-4-10-30(16-22)15-17-5-2-1-3-6-17/h1-3,5-6,8-9,11-14,22H,4,7,10,15-16H2. The van der Waals surface area contributed by atoms with Crippen molar-refractivity contribution >= 4 is 40.3 Å². The first-order valence-corrected chi connectivity index (χ1v) is 11.6. The molecular weight excluding hydrogens is 459 g/mol. The van der Waals surface area contributed by atoms with E-state index in [1.54, 1.807) is 36.4 Å². The number of ether oxygens (including phenoxy) is 1. The van der Waals surface area contributed by atoms with Gasteiger partial charge in [0.2, 0.25) is 5.89 Å². The van der Waals surface area contributed by atoms with Crippen LogP contribution in [0.15, 0.2) is 71.1 Å². The molecule has 0 radical (unpaired) electrons. The average Bonchev–Trinajstić information content (AvgIpc) is 3.23. The summed E-state index contributed by atoms with van der Waals surface area (Å²) in [4.78, 5) is 19.7. The molecule has 0 bridgehead atoms. The molecule has 1 saturated heterocycles. The van der Waals surface area contributed by atoms with Crippen molar-refractivity contribution in [2.75, 3.05) is 13.1 Å². The molecule has 0 spiro atoms. The third-order valence-corrected chi connectivity index (χ3v) is 6.16. The Hall–Kier alpha value is -2.86. The molecule has 1 fully saturated rings. The second-order valence-electron chi connectivity index (χ2n) is 8.25. The van der Waals surface area contributed by atoms with E-state index >= 15 is 0 Å². The fourth-order valence-corrected chi connectivity index (χ4v) is 4.69. The highest BCUT2D eigenvalue weighted by atomic mass is 35.5. The van der Waals surface area contributed by atoms with Crippen molar-refractivity contribution in [1.29, 1.82) is 0 Å². The van der Waals surface area contributed by atoms with Crippen molar-refractivity contribution in [3.8, 4) is 11.5 Å². The van der Waals surface area contributed by atoms with Gasteiger partial charge in [-0.15, -0.1) is 0 Å². The number of carbonyl (C=O) groups is 1. The zero-order valence-electron chi connectivity index (χ0n) is 17.8. The Bertz CT molecular complexity index is 1270. The summed E-state index contributed by atoms with van der Waals surface area (Å²) in [6.45, 7) is 2.59. The minimum absolute atomic E-state index is 0.135. The summed E-state index contributed by atoms with van der Waals surface area (Å²) in [5.41, 5.74) is 3.52. The maximum atomic E-state index is 12.8. The lowest BCUT2D eigenvalue weighted by Crippen LogP contribution is -2.40. The lowest BCUT2D eigenvalue weighted by molar-refractivity contribution is 0.00561. The Morgan fingerprint density at radius 3 is 2.64 bits per heavy atom. The van der Waals surface area contributed by atoms with Gasteiger partial charge in [-0.25, -0.2) is 9.78 Å². The van der Waals surface area contributed by atoms with Crippen LogP contribution in [0.25, 0.3) is 22.6 Å². The van der Waals surface area contributed by atoms with Crippen molar-refractivity contribution in [1.82, 2.24) is 9.88 Å². The van der Waals surface area contributed by atoms with Gasteiger partial charge in [0, 0.05) is 28.7 Å². The van der Waals surface area contributed by atoms with Crippen LogP contribution < -0.4 is 0 Å². The highest BCUT2D eigenvalue weighted by molar-refractivity contribution is 6.35. The summed E-state index contributed by atoms with van der Waals surface area (Å²) in [5.74, 6) is 0.0379. The topological polar surface area (TPSA) is 55.6 Å². The Balaban J connectivity index is 1.28. The molecule has 2 heterocycles. The number of aromatic nitrogens is 1. The maximum Gasteiger partial charge on any atom is 0.338 e. The monoisotopic (exact) mass is 480 g/mol. The summed E-state index contributed by atoms with van der Waals surface area (Å²) in [6, 6.07) is 20.6.